The minimum absolute atomic E-state index is 0.0422. The van der Waals surface area contributed by atoms with E-state index in [1.165, 1.54) is 6.07 Å². The molecule has 0 amide bonds. The van der Waals surface area contributed by atoms with Crippen molar-refractivity contribution in [2.24, 2.45) is 0 Å². The fourth-order valence-electron chi connectivity index (χ4n) is 2.98. The maximum Gasteiger partial charge on any atom is 0.206 e. The van der Waals surface area contributed by atoms with Gasteiger partial charge in [-0.1, -0.05) is 11.6 Å². The number of ketones is 1. The van der Waals surface area contributed by atoms with Gasteiger partial charge in [0.2, 0.25) is 5.75 Å². The number of Topliss-reactive ketones (excluding diaryl/α,β-unsaturated/α-hetero) is 1. The summed E-state index contributed by atoms with van der Waals surface area (Å²) < 4.78 is 11.8. The predicted molar refractivity (Wildman–Crippen MR) is 79.7 cm³/mol. The Morgan fingerprint density at radius 3 is 2.71 bits per heavy atom. The highest BCUT2D eigenvalue weighted by atomic mass is 35.5. The third kappa shape index (κ3) is 2.69. The lowest BCUT2D eigenvalue weighted by molar-refractivity contribution is 0.0576. The zero-order valence-corrected chi connectivity index (χ0v) is 13.0. The molecular formula is C16H19ClO4. The van der Waals surface area contributed by atoms with E-state index >= 15 is 0 Å². The minimum atomic E-state index is -0.613. The fraction of sp³-hybridized carbons (Fsp3) is 0.562. The van der Waals surface area contributed by atoms with Gasteiger partial charge in [0.25, 0.3) is 0 Å². The molecule has 0 bridgehead atoms. The summed E-state index contributed by atoms with van der Waals surface area (Å²) in [6, 6.07) is 1.46. The lowest BCUT2D eigenvalue weighted by atomic mass is 9.92. The minimum Gasteiger partial charge on any atom is -0.503 e. The van der Waals surface area contributed by atoms with Crippen LogP contribution in [0.15, 0.2) is 6.07 Å². The molecule has 1 aromatic carbocycles. The van der Waals surface area contributed by atoms with Gasteiger partial charge in [-0.15, -0.1) is 0 Å². The quantitative estimate of drug-likeness (QED) is 0.893. The first-order valence-corrected chi connectivity index (χ1v) is 7.69. The standard InChI is InChI=1S/C16H19ClO4/c1-16(2)8-12(18)10-7-11(17)13(19)15(14(10)21-16)20-9-5-3-4-6-9/h7,9,19H,3-6,8H2,1-2H3. The number of phenolic OH excluding ortho intramolecular Hbond substituents is 1. The molecule has 1 N–H and O–H groups in total. The number of fused-ring (bicyclic) bond motifs is 1. The van der Waals surface area contributed by atoms with Crippen molar-refractivity contribution in [3.8, 4) is 17.2 Å². The molecule has 2 aliphatic rings. The molecule has 5 heteroatoms. The van der Waals surface area contributed by atoms with Crippen LogP contribution in [0.3, 0.4) is 0 Å². The number of halogens is 1. The molecule has 4 nitrogen and oxygen atoms in total. The van der Waals surface area contributed by atoms with Gasteiger partial charge >= 0.3 is 0 Å². The molecule has 1 aliphatic carbocycles. The normalized spacial score (nSPS) is 21.0. The highest BCUT2D eigenvalue weighted by Gasteiger charge is 2.37. The Hall–Kier alpha value is -1.42. The number of benzene rings is 1. The van der Waals surface area contributed by atoms with Gasteiger partial charge in [-0.2, -0.15) is 0 Å². The fourth-order valence-corrected chi connectivity index (χ4v) is 3.18. The molecule has 3 rings (SSSR count). The summed E-state index contributed by atoms with van der Waals surface area (Å²) in [6.45, 7) is 3.69. The van der Waals surface area contributed by atoms with Crippen molar-refractivity contribution in [3.63, 3.8) is 0 Å². The van der Waals surface area contributed by atoms with E-state index in [0.29, 0.717) is 11.3 Å². The van der Waals surface area contributed by atoms with Crippen molar-refractivity contribution in [2.75, 3.05) is 0 Å². The zero-order valence-electron chi connectivity index (χ0n) is 12.2. The predicted octanol–water partition coefficient (Wildman–Crippen LogP) is 4.11. The number of phenols is 1. The summed E-state index contributed by atoms with van der Waals surface area (Å²) in [5, 5.41) is 10.3. The van der Waals surface area contributed by atoms with Gasteiger partial charge in [-0.05, 0) is 45.6 Å². The van der Waals surface area contributed by atoms with Crippen molar-refractivity contribution >= 4 is 17.4 Å². The molecule has 0 spiro atoms. The second-order valence-corrected chi connectivity index (χ2v) is 6.81. The van der Waals surface area contributed by atoms with Crippen LogP contribution in [0, 0.1) is 0 Å². The highest BCUT2D eigenvalue weighted by molar-refractivity contribution is 6.33. The molecule has 0 aromatic heterocycles. The number of rotatable bonds is 2. The Balaban J connectivity index is 2.07. The Morgan fingerprint density at radius 2 is 2.05 bits per heavy atom. The van der Waals surface area contributed by atoms with Crippen LogP contribution in [0.5, 0.6) is 17.2 Å². The van der Waals surface area contributed by atoms with Crippen molar-refractivity contribution < 1.29 is 19.4 Å². The summed E-state index contributed by atoms with van der Waals surface area (Å²) in [7, 11) is 0. The first-order valence-electron chi connectivity index (χ1n) is 7.32. The van der Waals surface area contributed by atoms with Gasteiger partial charge in [0.05, 0.1) is 23.1 Å². The molecule has 0 radical (unpaired) electrons. The van der Waals surface area contributed by atoms with Crippen LogP contribution in [0.25, 0.3) is 0 Å². The number of carbonyl (C=O) groups excluding carboxylic acids is 1. The maximum atomic E-state index is 12.3. The van der Waals surface area contributed by atoms with E-state index in [-0.39, 0.29) is 34.8 Å². The number of aromatic hydroxyl groups is 1. The van der Waals surface area contributed by atoms with Crippen LogP contribution < -0.4 is 9.47 Å². The zero-order chi connectivity index (χ0) is 15.2. The van der Waals surface area contributed by atoms with Crippen molar-refractivity contribution in [1.29, 1.82) is 0 Å². The molecule has 21 heavy (non-hydrogen) atoms. The summed E-state index contributed by atoms with van der Waals surface area (Å²) in [6.07, 6.45) is 4.43. The number of hydrogen-bond acceptors (Lipinski definition) is 4. The highest BCUT2D eigenvalue weighted by Crippen LogP contribution is 2.49. The summed E-state index contributed by atoms with van der Waals surface area (Å²) >= 11 is 6.03. The van der Waals surface area contributed by atoms with E-state index in [1.807, 2.05) is 13.8 Å². The topological polar surface area (TPSA) is 55.8 Å². The average molecular weight is 311 g/mol. The van der Waals surface area contributed by atoms with Crippen LogP contribution in [0.2, 0.25) is 5.02 Å². The largest absolute Gasteiger partial charge is 0.503 e. The molecule has 1 aromatic rings. The summed E-state index contributed by atoms with van der Waals surface area (Å²) in [5.41, 5.74) is -0.219. The third-order valence-electron chi connectivity index (χ3n) is 4.01. The average Bonchev–Trinajstić information content (AvgIpc) is 2.89. The van der Waals surface area contributed by atoms with Crippen LogP contribution in [-0.2, 0) is 0 Å². The van der Waals surface area contributed by atoms with Crippen LogP contribution in [0.1, 0.15) is 56.3 Å². The lowest BCUT2D eigenvalue weighted by Gasteiger charge is -2.33. The Labute approximate surface area is 129 Å². The van der Waals surface area contributed by atoms with Crippen LogP contribution in [0.4, 0.5) is 0 Å². The van der Waals surface area contributed by atoms with E-state index in [1.54, 1.807) is 0 Å². The second kappa shape index (κ2) is 5.09. The Kier molecular flexibility index (Phi) is 3.52. The first kappa shape index (κ1) is 14.5. The van der Waals surface area contributed by atoms with Gasteiger partial charge in [0.15, 0.2) is 17.3 Å². The molecule has 0 atom stereocenters. The molecule has 1 aliphatic heterocycles. The van der Waals surface area contributed by atoms with E-state index in [4.69, 9.17) is 21.1 Å². The number of carbonyl (C=O) groups is 1. The monoisotopic (exact) mass is 310 g/mol. The number of hydrogen-bond donors (Lipinski definition) is 1. The maximum absolute atomic E-state index is 12.3. The van der Waals surface area contributed by atoms with Crippen molar-refractivity contribution in [2.45, 2.75) is 57.7 Å². The van der Waals surface area contributed by atoms with E-state index in [0.717, 1.165) is 25.7 Å². The van der Waals surface area contributed by atoms with Crippen LogP contribution in [-0.4, -0.2) is 22.6 Å². The molecule has 0 unspecified atom stereocenters. The molecule has 0 saturated heterocycles. The van der Waals surface area contributed by atoms with E-state index in [2.05, 4.69) is 0 Å². The van der Waals surface area contributed by atoms with Crippen molar-refractivity contribution in [3.05, 3.63) is 16.7 Å². The Bertz CT molecular complexity index is 588. The van der Waals surface area contributed by atoms with Gasteiger partial charge in [0, 0.05) is 0 Å². The van der Waals surface area contributed by atoms with E-state index in [9.17, 15) is 9.90 Å². The van der Waals surface area contributed by atoms with Gasteiger partial charge in [-0.3, -0.25) is 4.79 Å². The molecular weight excluding hydrogens is 292 g/mol. The molecule has 1 saturated carbocycles. The molecule has 1 fully saturated rings. The summed E-state index contributed by atoms with van der Waals surface area (Å²) in [5.74, 6) is 0.350. The van der Waals surface area contributed by atoms with Gasteiger partial charge in [0.1, 0.15) is 5.60 Å². The second-order valence-electron chi connectivity index (χ2n) is 6.40. The first-order chi connectivity index (χ1) is 9.87. The lowest BCUT2D eigenvalue weighted by Crippen LogP contribution is -2.36. The third-order valence-corrected chi connectivity index (χ3v) is 4.30. The Morgan fingerprint density at radius 1 is 1.38 bits per heavy atom. The SMILES string of the molecule is CC1(C)CC(=O)c2cc(Cl)c(O)c(OC3CCCC3)c2O1. The van der Waals surface area contributed by atoms with E-state index < -0.39 is 5.60 Å². The summed E-state index contributed by atoms with van der Waals surface area (Å²) in [4.78, 5) is 12.3. The molecule has 114 valence electrons. The van der Waals surface area contributed by atoms with Crippen LogP contribution >= 0.6 is 11.6 Å². The number of ether oxygens (including phenoxy) is 2. The van der Waals surface area contributed by atoms with Gasteiger partial charge < -0.3 is 14.6 Å². The van der Waals surface area contributed by atoms with Gasteiger partial charge in [-0.25, -0.2) is 0 Å². The smallest absolute Gasteiger partial charge is 0.206 e. The molecule has 1 heterocycles. The van der Waals surface area contributed by atoms with Crippen molar-refractivity contribution in [1.82, 2.24) is 0 Å².